The molecule has 0 saturated carbocycles. The largest absolute Gasteiger partial charge is 0.495 e. The van der Waals surface area contributed by atoms with Crippen LogP contribution in [0.25, 0.3) is 10.9 Å². The van der Waals surface area contributed by atoms with Gasteiger partial charge in [-0.3, -0.25) is 9.78 Å². The minimum absolute atomic E-state index is 0.247. The maximum absolute atomic E-state index is 12.1. The Morgan fingerprint density at radius 2 is 2.03 bits per heavy atom. The smallest absolute Gasteiger partial charge is 0.252 e. The van der Waals surface area contributed by atoms with Gasteiger partial charge in [0.05, 0.1) is 58.5 Å². The first-order valence-corrected chi connectivity index (χ1v) is 10.1. The molecule has 3 aromatic rings. The van der Waals surface area contributed by atoms with E-state index in [0.29, 0.717) is 51.3 Å². The van der Waals surface area contributed by atoms with E-state index in [1.165, 1.54) is 6.20 Å². The van der Waals surface area contributed by atoms with Gasteiger partial charge in [0.2, 0.25) is 0 Å². The van der Waals surface area contributed by atoms with Crippen molar-refractivity contribution in [3.8, 4) is 5.75 Å². The predicted molar refractivity (Wildman–Crippen MR) is 120 cm³/mol. The molecule has 2 heterocycles. The number of amides is 1. The number of methoxy groups -OCH3 is 1. The molecule has 2 aromatic carbocycles. The van der Waals surface area contributed by atoms with E-state index in [9.17, 15) is 4.79 Å². The number of benzene rings is 2. The summed E-state index contributed by atoms with van der Waals surface area (Å²) in [6.07, 6.45) is 1.44. The van der Waals surface area contributed by atoms with Crippen molar-refractivity contribution in [3.63, 3.8) is 0 Å². The van der Waals surface area contributed by atoms with Crippen molar-refractivity contribution in [1.29, 1.82) is 0 Å². The van der Waals surface area contributed by atoms with E-state index in [2.05, 4.69) is 15.2 Å². The zero-order valence-corrected chi connectivity index (χ0v) is 17.8. The van der Waals surface area contributed by atoms with Crippen molar-refractivity contribution in [1.82, 2.24) is 4.98 Å². The van der Waals surface area contributed by atoms with Crippen LogP contribution < -0.4 is 20.7 Å². The lowest BCUT2D eigenvalue weighted by molar-refractivity contribution is 0.100. The maximum Gasteiger partial charge on any atom is 0.252 e. The Bertz CT molecular complexity index is 1120. The lowest BCUT2D eigenvalue weighted by Gasteiger charge is -2.30. The number of primary amides is 1. The summed E-state index contributed by atoms with van der Waals surface area (Å²) in [5.41, 5.74) is 8.48. The lowest BCUT2D eigenvalue weighted by atomic mass is 10.1. The van der Waals surface area contributed by atoms with Crippen LogP contribution in [-0.4, -0.2) is 44.3 Å². The molecule has 30 heavy (non-hydrogen) atoms. The molecule has 1 fully saturated rings. The number of carbonyl (C=O) groups is 1. The van der Waals surface area contributed by atoms with Crippen LogP contribution in [-0.2, 0) is 4.74 Å². The van der Waals surface area contributed by atoms with Gasteiger partial charge in [0.25, 0.3) is 5.91 Å². The van der Waals surface area contributed by atoms with Crippen molar-refractivity contribution in [2.75, 3.05) is 43.6 Å². The number of hydrogen-bond donors (Lipinski definition) is 2. The summed E-state index contributed by atoms with van der Waals surface area (Å²) in [4.78, 5) is 18.7. The number of carbonyl (C=O) groups excluding carboxylic acids is 1. The molecule has 1 aliphatic heterocycles. The average Bonchev–Trinajstić information content (AvgIpc) is 2.76. The van der Waals surface area contributed by atoms with Gasteiger partial charge in [-0.2, -0.15) is 0 Å². The SMILES string of the molecule is COc1cc2ncc(C(N)=O)c(Nc3cccc(Cl)c3Cl)c2cc1N1CCOCC1. The summed E-state index contributed by atoms with van der Waals surface area (Å²) in [6, 6.07) is 9.02. The van der Waals surface area contributed by atoms with E-state index in [0.717, 1.165) is 18.8 Å². The van der Waals surface area contributed by atoms with Crippen LogP contribution in [0, 0.1) is 0 Å². The Hall–Kier alpha value is -2.74. The summed E-state index contributed by atoms with van der Waals surface area (Å²) >= 11 is 12.5. The molecule has 156 valence electrons. The number of morpholine rings is 1. The predicted octanol–water partition coefficient (Wildman–Crippen LogP) is 4.23. The number of nitrogens with two attached hydrogens (primary N) is 1. The van der Waals surface area contributed by atoms with E-state index in [-0.39, 0.29) is 5.56 Å². The second kappa shape index (κ2) is 8.55. The van der Waals surface area contributed by atoms with Gasteiger partial charge in [0.15, 0.2) is 0 Å². The molecule has 0 spiro atoms. The fourth-order valence-corrected chi connectivity index (χ4v) is 3.83. The van der Waals surface area contributed by atoms with Crippen molar-refractivity contribution >= 4 is 57.1 Å². The Kier molecular flexibility index (Phi) is 5.85. The molecular weight excluding hydrogens is 427 g/mol. The fraction of sp³-hybridized carbons (Fsp3) is 0.238. The normalized spacial score (nSPS) is 14.0. The molecule has 0 aliphatic carbocycles. The number of pyridine rings is 1. The molecule has 1 aliphatic rings. The van der Waals surface area contributed by atoms with E-state index < -0.39 is 5.91 Å². The maximum atomic E-state index is 12.1. The number of anilines is 3. The summed E-state index contributed by atoms with van der Waals surface area (Å²) in [5.74, 6) is 0.0873. The van der Waals surface area contributed by atoms with E-state index in [4.69, 9.17) is 38.4 Å². The highest BCUT2D eigenvalue weighted by Crippen LogP contribution is 2.39. The second-order valence-corrected chi connectivity index (χ2v) is 7.56. The Morgan fingerprint density at radius 1 is 1.27 bits per heavy atom. The van der Waals surface area contributed by atoms with Gasteiger partial charge >= 0.3 is 0 Å². The Morgan fingerprint density at radius 3 is 2.73 bits per heavy atom. The van der Waals surface area contributed by atoms with Crippen LogP contribution in [0.1, 0.15) is 10.4 Å². The molecule has 0 unspecified atom stereocenters. The van der Waals surface area contributed by atoms with Crippen LogP contribution in [0.3, 0.4) is 0 Å². The zero-order valence-electron chi connectivity index (χ0n) is 16.2. The highest BCUT2D eigenvalue weighted by molar-refractivity contribution is 6.43. The molecule has 0 radical (unpaired) electrons. The van der Waals surface area contributed by atoms with E-state index >= 15 is 0 Å². The minimum atomic E-state index is -0.603. The summed E-state index contributed by atoms with van der Waals surface area (Å²) in [6.45, 7) is 2.72. The number of nitrogens with one attached hydrogen (secondary N) is 1. The van der Waals surface area contributed by atoms with Crippen LogP contribution in [0.2, 0.25) is 10.0 Å². The van der Waals surface area contributed by atoms with Crippen LogP contribution >= 0.6 is 23.2 Å². The summed E-state index contributed by atoms with van der Waals surface area (Å²) in [7, 11) is 1.62. The lowest BCUT2D eigenvalue weighted by Crippen LogP contribution is -2.36. The van der Waals surface area contributed by atoms with Crippen molar-refractivity contribution in [2.24, 2.45) is 5.73 Å². The first-order valence-electron chi connectivity index (χ1n) is 9.34. The molecule has 4 rings (SSSR count). The second-order valence-electron chi connectivity index (χ2n) is 6.78. The molecular formula is C21H20Cl2N4O3. The molecule has 1 aromatic heterocycles. The van der Waals surface area contributed by atoms with Crippen molar-refractivity contribution in [3.05, 3.63) is 52.1 Å². The number of aromatic nitrogens is 1. The van der Waals surface area contributed by atoms with Crippen molar-refractivity contribution < 1.29 is 14.3 Å². The van der Waals surface area contributed by atoms with Gasteiger partial charge < -0.3 is 25.4 Å². The zero-order chi connectivity index (χ0) is 21.3. The van der Waals surface area contributed by atoms with Crippen LogP contribution in [0.4, 0.5) is 17.1 Å². The molecule has 9 heteroatoms. The monoisotopic (exact) mass is 446 g/mol. The molecule has 3 N–H and O–H groups in total. The number of hydrogen-bond acceptors (Lipinski definition) is 6. The summed E-state index contributed by atoms with van der Waals surface area (Å²) in [5, 5.41) is 4.69. The average molecular weight is 447 g/mol. The van der Waals surface area contributed by atoms with Crippen LogP contribution in [0.5, 0.6) is 5.75 Å². The summed E-state index contributed by atoms with van der Waals surface area (Å²) < 4.78 is 11.1. The minimum Gasteiger partial charge on any atom is -0.495 e. The van der Waals surface area contributed by atoms with Crippen molar-refractivity contribution in [2.45, 2.75) is 0 Å². The van der Waals surface area contributed by atoms with Gasteiger partial charge in [0.1, 0.15) is 5.75 Å². The highest BCUT2D eigenvalue weighted by Gasteiger charge is 2.21. The Balaban J connectivity index is 1.92. The van der Waals surface area contributed by atoms with Gasteiger partial charge in [-0.25, -0.2) is 0 Å². The highest BCUT2D eigenvalue weighted by atomic mass is 35.5. The van der Waals surface area contributed by atoms with Gasteiger partial charge in [0, 0.05) is 30.7 Å². The Labute approximate surface area is 183 Å². The topological polar surface area (TPSA) is 89.7 Å². The number of fused-ring (bicyclic) bond motifs is 1. The standard InChI is InChI=1S/C21H20Cl2N4O3/c1-29-18-10-16-12(9-17(18)27-5-7-30-8-6-27)20(13(11-25-16)21(24)28)26-15-4-2-3-14(22)19(15)23/h2-4,9-11H,5-8H2,1H3,(H2,24,28)(H,25,26). The van der Waals surface area contributed by atoms with Gasteiger partial charge in [-0.05, 0) is 18.2 Å². The number of halogens is 2. The third-order valence-corrected chi connectivity index (χ3v) is 5.82. The van der Waals surface area contributed by atoms with Gasteiger partial charge in [-0.15, -0.1) is 0 Å². The molecule has 7 nitrogen and oxygen atoms in total. The van der Waals surface area contributed by atoms with E-state index in [1.807, 2.05) is 12.1 Å². The third kappa shape index (κ3) is 3.84. The quantitative estimate of drug-likeness (QED) is 0.609. The van der Waals surface area contributed by atoms with E-state index in [1.54, 1.807) is 25.3 Å². The van der Waals surface area contributed by atoms with Crippen LogP contribution in [0.15, 0.2) is 36.5 Å². The molecule has 0 atom stereocenters. The molecule has 0 bridgehead atoms. The number of ether oxygens (including phenoxy) is 2. The number of rotatable bonds is 5. The molecule has 1 amide bonds. The first-order chi connectivity index (χ1) is 14.5. The first kappa shape index (κ1) is 20.5. The number of nitrogens with zero attached hydrogens (tertiary/aromatic N) is 2. The fourth-order valence-electron chi connectivity index (χ4n) is 3.48. The third-order valence-electron chi connectivity index (χ3n) is 5.00. The molecule has 1 saturated heterocycles. The van der Waals surface area contributed by atoms with Gasteiger partial charge in [-0.1, -0.05) is 29.3 Å².